The lowest BCUT2D eigenvalue weighted by Gasteiger charge is -2.28. The van der Waals surface area contributed by atoms with Gasteiger partial charge in [-0.15, -0.1) is 0 Å². The smallest absolute Gasteiger partial charge is 0.329 e. The number of rotatable bonds is 8. The zero-order valence-corrected chi connectivity index (χ0v) is 13.3. The van der Waals surface area contributed by atoms with Crippen molar-refractivity contribution in [1.29, 1.82) is 0 Å². The van der Waals surface area contributed by atoms with E-state index in [0.717, 1.165) is 37.0 Å². The van der Waals surface area contributed by atoms with Gasteiger partial charge in [-0.2, -0.15) is 0 Å². The van der Waals surface area contributed by atoms with Gasteiger partial charge < -0.3 is 19.9 Å². The summed E-state index contributed by atoms with van der Waals surface area (Å²) in [6.45, 7) is 0.140. The fourth-order valence-corrected chi connectivity index (χ4v) is 3.11. The largest absolute Gasteiger partial charge is 0.497 e. The molecule has 6 heteroatoms. The number of methoxy groups -OCH3 is 1. The quantitative estimate of drug-likeness (QED) is 0.712. The van der Waals surface area contributed by atoms with E-state index in [4.69, 9.17) is 14.6 Å². The molecule has 0 aromatic heterocycles. The van der Waals surface area contributed by atoms with Crippen molar-refractivity contribution in [3.05, 3.63) is 29.8 Å². The summed E-state index contributed by atoms with van der Waals surface area (Å²) in [6, 6.07) is 7.65. The monoisotopic (exact) mass is 321 g/mol. The van der Waals surface area contributed by atoms with Crippen LogP contribution >= 0.6 is 0 Å². The maximum absolute atomic E-state index is 12.7. The number of benzene rings is 1. The van der Waals surface area contributed by atoms with Crippen molar-refractivity contribution in [3.8, 4) is 5.75 Å². The van der Waals surface area contributed by atoms with Crippen LogP contribution in [-0.4, -0.2) is 43.9 Å². The zero-order valence-electron chi connectivity index (χ0n) is 13.3. The molecule has 126 valence electrons. The molecule has 0 heterocycles. The second kappa shape index (κ2) is 7.97. The van der Waals surface area contributed by atoms with Crippen LogP contribution in [0.5, 0.6) is 5.75 Å². The highest BCUT2D eigenvalue weighted by atomic mass is 16.5. The third-order valence-corrected chi connectivity index (χ3v) is 4.27. The van der Waals surface area contributed by atoms with Gasteiger partial charge in [0.05, 0.1) is 19.1 Å². The number of carbonyl (C=O) groups excluding carboxylic acids is 1. The highest BCUT2D eigenvalue weighted by molar-refractivity contribution is 5.88. The first-order valence-electron chi connectivity index (χ1n) is 7.81. The number of carboxylic acid groups (broad SMARTS) is 1. The fourth-order valence-electron chi connectivity index (χ4n) is 3.11. The normalized spacial score (nSPS) is 16.0. The summed E-state index contributed by atoms with van der Waals surface area (Å²) in [5, 5.41) is 11.4. The summed E-state index contributed by atoms with van der Waals surface area (Å²) in [4.78, 5) is 23.1. The van der Waals surface area contributed by atoms with Crippen LogP contribution in [0.2, 0.25) is 0 Å². The van der Waals surface area contributed by atoms with Crippen molar-refractivity contribution in [2.24, 2.45) is 0 Å². The predicted molar refractivity (Wildman–Crippen MR) is 84.6 cm³/mol. The molecule has 0 bridgehead atoms. The van der Waals surface area contributed by atoms with Crippen molar-refractivity contribution >= 4 is 11.9 Å². The molecule has 1 aromatic rings. The third kappa shape index (κ3) is 4.22. The Balaban J connectivity index is 2.02. The van der Waals surface area contributed by atoms with Gasteiger partial charge in [0.2, 0.25) is 5.91 Å². The summed E-state index contributed by atoms with van der Waals surface area (Å²) in [5.74, 6) is -0.298. The minimum Gasteiger partial charge on any atom is -0.497 e. The van der Waals surface area contributed by atoms with E-state index in [1.807, 2.05) is 24.3 Å². The molecule has 1 amide bonds. The van der Waals surface area contributed by atoms with Crippen LogP contribution in [0.1, 0.15) is 31.2 Å². The highest BCUT2D eigenvalue weighted by Gasteiger charge is 2.42. The van der Waals surface area contributed by atoms with Crippen molar-refractivity contribution in [2.75, 3.05) is 26.9 Å². The van der Waals surface area contributed by atoms with Gasteiger partial charge in [-0.1, -0.05) is 25.0 Å². The molecule has 1 fully saturated rings. The number of amides is 1. The minimum absolute atomic E-state index is 0.0258. The maximum atomic E-state index is 12.7. The first-order valence-corrected chi connectivity index (χ1v) is 7.81. The van der Waals surface area contributed by atoms with Crippen molar-refractivity contribution in [1.82, 2.24) is 5.32 Å². The summed E-state index contributed by atoms with van der Waals surface area (Å²) < 4.78 is 10.2. The Morgan fingerprint density at radius 3 is 2.70 bits per heavy atom. The standard InChI is InChI=1S/C17H23NO5/c1-22-14-6-4-5-13(11-14)17(7-2-3-8-17)16(21)18-9-10-23-12-15(19)20/h4-6,11H,2-3,7-10,12H2,1H3,(H,18,21)(H,19,20). The van der Waals surface area contributed by atoms with Crippen LogP contribution in [-0.2, 0) is 19.7 Å². The average Bonchev–Trinajstić information content (AvgIpc) is 3.05. The molecular formula is C17H23NO5. The van der Waals surface area contributed by atoms with E-state index in [0.29, 0.717) is 6.54 Å². The molecule has 0 radical (unpaired) electrons. The van der Waals surface area contributed by atoms with Crippen LogP contribution in [0, 0.1) is 0 Å². The maximum Gasteiger partial charge on any atom is 0.329 e. The van der Waals surface area contributed by atoms with Gasteiger partial charge in [-0.05, 0) is 30.5 Å². The van der Waals surface area contributed by atoms with E-state index >= 15 is 0 Å². The number of aliphatic carboxylic acids is 1. The Morgan fingerprint density at radius 2 is 2.04 bits per heavy atom. The fraction of sp³-hybridized carbons (Fsp3) is 0.529. The molecule has 23 heavy (non-hydrogen) atoms. The van der Waals surface area contributed by atoms with Gasteiger partial charge in [0.15, 0.2) is 0 Å². The molecule has 0 spiro atoms. The van der Waals surface area contributed by atoms with Gasteiger partial charge in [0.25, 0.3) is 0 Å². The summed E-state index contributed by atoms with van der Waals surface area (Å²) in [5.41, 5.74) is 0.444. The zero-order chi connectivity index (χ0) is 16.7. The van der Waals surface area contributed by atoms with E-state index in [1.165, 1.54) is 0 Å². The Labute approximate surface area is 135 Å². The molecule has 0 aliphatic heterocycles. The first kappa shape index (κ1) is 17.3. The van der Waals surface area contributed by atoms with Gasteiger partial charge >= 0.3 is 5.97 Å². The average molecular weight is 321 g/mol. The lowest BCUT2D eigenvalue weighted by molar-refractivity contribution is -0.142. The lowest BCUT2D eigenvalue weighted by atomic mass is 9.78. The molecule has 2 rings (SSSR count). The topological polar surface area (TPSA) is 84.9 Å². The third-order valence-electron chi connectivity index (χ3n) is 4.27. The molecule has 1 aromatic carbocycles. The van der Waals surface area contributed by atoms with Gasteiger partial charge in [-0.25, -0.2) is 4.79 Å². The summed E-state index contributed by atoms with van der Waals surface area (Å²) >= 11 is 0. The van der Waals surface area contributed by atoms with Crippen LogP contribution < -0.4 is 10.1 Å². The number of ether oxygens (including phenoxy) is 2. The van der Waals surface area contributed by atoms with Crippen molar-refractivity contribution in [3.63, 3.8) is 0 Å². The molecule has 0 saturated heterocycles. The number of nitrogens with one attached hydrogen (secondary N) is 1. The van der Waals surface area contributed by atoms with E-state index in [2.05, 4.69) is 5.32 Å². The second-order valence-corrected chi connectivity index (χ2v) is 5.72. The molecule has 1 aliphatic carbocycles. The van der Waals surface area contributed by atoms with Gasteiger partial charge in [0.1, 0.15) is 12.4 Å². The van der Waals surface area contributed by atoms with E-state index in [9.17, 15) is 9.59 Å². The molecule has 0 unspecified atom stereocenters. The van der Waals surface area contributed by atoms with Gasteiger partial charge in [0, 0.05) is 6.54 Å². The number of hydrogen-bond donors (Lipinski definition) is 2. The van der Waals surface area contributed by atoms with Crippen molar-refractivity contribution < 1.29 is 24.2 Å². The highest BCUT2D eigenvalue weighted by Crippen LogP contribution is 2.42. The molecule has 0 atom stereocenters. The Bertz CT molecular complexity index is 552. The van der Waals surface area contributed by atoms with Crippen LogP contribution in [0.3, 0.4) is 0 Å². The van der Waals surface area contributed by atoms with Gasteiger partial charge in [-0.3, -0.25) is 4.79 Å². The minimum atomic E-state index is -1.01. The SMILES string of the molecule is COc1cccc(C2(C(=O)NCCOCC(=O)O)CCCC2)c1. The number of carbonyl (C=O) groups is 2. The molecule has 1 aliphatic rings. The Hall–Kier alpha value is -2.08. The molecule has 6 nitrogen and oxygen atoms in total. The van der Waals surface area contributed by atoms with E-state index < -0.39 is 11.4 Å². The summed E-state index contributed by atoms with van der Waals surface area (Å²) in [6.07, 6.45) is 3.64. The Kier molecular flexibility index (Phi) is 5.98. The molecule has 1 saturated carbocycles. The number of carboxylic acids is 1. The Morgan fingerprint density at radius 1 is 1.30 bits per heavy atom. The summed E-state index contributed by atoms with van der Waals surface area (Å²) in [7, 11) is 1.61. The van der Waals surface area contributed by atoms with E-state index in [1.54, 1.807) is 7.11 Å². The van der Waals surface area contributed by atoms with Crippen LogP contribution in [0.15, 0.2) is 24.3 Å². The van der Waals surface area contributed by atoms with Crippen LogP contribution in [0.25, 0.3) is 0 Å². The first-order chi connectivity index (χ1) is 11.1. The number of hydrogen-bond acceptors (Lipinski definition) is 4. The van der Waals surface area contributed by atoms with Crippen LogP contribution in [0.4, 0.5) is 0 Å². The van der Waals surface area contributed by atoms with Crippen molar-refractivity contribution in [2.45, 2.75) is 31.1 Å². The lowest BCUT2D eigenvalue weighted by Crippen LogP contribution is -2.43. The molecular weight excluding hydrogens is 298 g/mol. The van der Waals surface area contributed by atoms with E-state index in [-0.39, 0.29) is 19.1 Å². The molecule has 2 N–H and O–H groups in total. The second-order valence-electron chi connectivity index (χ2n) is 5.72. The predicted octanol–water partition coefficient (Wildman–Crippen LogP) is 1.72.